The molecule has 0 saturated heterocycles. The molecule has 0 aliphatic heterocycles. The SMILES string of the molecule is CCCCN(C(=O)CN(C)Cc1ccccc1Br)c1c(N)n(CCC)c(=O)[nH]c1=O. The zero-order valence-corrected chi connectivity index (χ0v) is 19.4. The highest BCUT2D eigenvalue weighted by Gasteiger charge is 2.24. The fourth-order valence-electron chi connectivity index (χ4n) is 3.25. The molecule has 0 saturated carbocycles. The number of halogens is 1. The first-order chi connectivity index (χ1) is 14.3. The van der Waals surface area contributed by atoms with Crippen LogP contribution in [0.3, 0.4) is 0 Å². The largest absolute Gasteiger partial charge is 0.383 e. The molecule has 1 heterocycles. The van der Waals surface area contributed by atoms with E-state index in [1.807, 2.05) is 50.1 Å². The zero-order chi connectivity index (χ0) is 22.3. The van der Waals surface area contributed by atoms with Gasteiger partial charge >= 0.3 is 5.69 Å². The van der Waals surface area contributed by atoms with Crippen molar-refractivity contribution in [1.82, 2.24) is 14.5 Å². The Morgan fingerprint density at radius 3 is 2.53 bits per heavy atom. The smallest absolute Gasteiger partial charge is 0.330 e. The molecular weight excluding hydrogens is 450 g/mol. The molecule has 0 spiro atoms. The van der Waals surface area contributed by atoms with Gasteiger partial charge in [0.15, 0.2) is 5.69 Å². The van der Waals surface area contributed by atoms with Crippen LogP contribution in [0, 0.1) is 0 Å². The average molecular weight is 480 g/mol. The van der Waals surface area contributed by atoms with E-state index < -0.39 is 11.2 Å². The minimum absolute atomic E-state index is 0.0310. The summed E-state index contributed by atoms with van der Waals surface area (Å²) in [5.41, 5.74) is 6.10. The number of aromatic nitrogens is 2. The monoisotopic (exact) mass is 479 g/mol. The molecule has 1 amide bonds. The fourth-order valence-corrected chi connectivity index (χ4v) is 3.66. The number of aromatic amines is 1. The number of nitrogens with one attached hydrogen (secondary N) is 1. The summed E-state index contributed by atoms with van der Waals surface area (Å²) in [7, 11) is 1.85. The summed E-state index contributed by atoms with van der Waals surface area (Å²) in [6.07, 6.45) is 2.24. The van der Waals surface area contributed by atoms with Gasteiger partial charge in [-0.3, -0.25) is 24.0 Å². The van der Waals surface area contributed by atoms with Crippen molar-refractivity contribution in [3.63, 3.8) is 0 Å². The number of anilines is 2. The van der Waals surface area contributed by atoms with Gasteiger partial charge in [-0.1, -0.05) is 54.4 Å². The van der Waals surface area contributed by atoms with Crippen LogP contribution in [0.15, 0.2) is 38.3 Å². The van der Waals surface area contributed by atoms with Crippen molar-refractivity contribution in [2.24, 2.45) is 0 Å². The second-order valence-electron chi connectivity index (χ2n) is 7.31. The third-order valence-electron chi connectivity index (χ3n) is 4.77. The van der Waals surface area contributed by atoms with Crippen molar-refractivity contribution >= 4 is 33.3 Å². The predicted octanol–water partition coefficient (Wildman–Crippen LogP) is 2.56. The summed E-state index contributed by atoms with van der Waals surface area (Å²) in [6.45, 7) is 5.31. The van der Waals surface area contributed by atoms with Crippen molar-refractivity contribution < 1.29 is 4.79 Å². The van der Waals surface area contributed by atoms with Gasteiger partial charge in [-0.25, -0.2) is 4.79 Å². The molecule has 3 N–H and O–H groups in total. The van der Waals surface area contributed by atoms with Crippen molar-refractivity contribution in [3.05, 3.63) is 55.1 Å². The van der Waals surface area contributed by atoms with Gasteiger partial charge in [0.1, 0.15) is 5.82 Å². The van der Waals surface area contributed by atoms with Crippen LogP contribution >= 0.6 is 15.9 Å². The first kappa shape index (κ1) is 23.9. The Morgan fingerprint density at radius 1 is 1.20 bits per heavy atom. The number of carbonyl (C=O) groups excluding carboxylic acids is 1. The number of nitrogen functional groups attached to an aromatic ring is 1. The van der Waals surface area contributed by atoms with Crippen LogP contribution < -0.4 is 21.9 Å². The summed E-state index contributed by atoms with van der Waals surface area (Å²) in [6, 6.07) is 7.82. The maximum absolute atomic E-state index is 13.2. The van der Waals surface area contributed by atoms with Crippen LogP contribution in [-0.4, -0.2) is 40.5 Å². The molecule has 8 nitrogen and oxygen atoms in total. The number of benzene rings is 1. The summed E-state index contributed by atoms with van der Waals surface area (Å²) in [5.74, 6) is -0.208. The predicted molar refractivity (Wildman–Crippen MR) is 124 cm³/mol. The highest BCUT2D eigenvalue weighted by atomic mass is 79.9. The quantitative estimate of drug-likeness (QED) is 0.544. The molecule has 0 bridgehead atoms. The first-order valence-electron chi connectivity index (χ1n) is 10.1. The average Bonchev–Trinajstić information content (AvgIpc) is 2.69. The molecule has 0 atom stereocenters. The number of carbonyl (C=O) groups is 1. The Hall–Kier alpha value is -2.39. The van der Waals surface area contributed by atoms with Gasteiger partial charge < -0.3 is 10.6 Å². The van der Waals surface area contributed by atoms with E-state index in [1.54, 1.807) is 0 Å². The normalized spacial score (nSPS) is 11.1. The highest BCUT2D eigenvalue weighted by molar-refractivity contribution is 9.10. The lowest BCUT2D eigenvalue weighted by molar-refractivity contribution is -0.119. The van der Waals surface area contributed by atoms with E-state index in [9.17, 15) is 14.4 Å². The summed E-state index contributed by atoms with van der Waals surface area (Å²) in [4.78, 5) is 43.5. The number of nitrogens with two attached hydrogens (primary N) is 1. The van der Waals surface area contributed by atoms with Crippen molar-refractivity contribution in [1.29, 1.82) is 0 Å². The van der Waals surface area contributed by atoms with Crippen molar-refractivity contribution in [3.8, 4) is 0 Å². The van der Waals surface area contributed by atoms with E-state index in [0.717, 1.165) is 16.5 Å². The van der Waals surface area contributed by atoms with Crippen LogP contribution in [0.1, 0.15) is 38.7 Å². The molecule has 2 rings (SSSR count). The standard InChI is InChI=1S/C21H30BrN5O3/c1-4-6-12-26(18-19(23)27(11-5-2)21(30)24-20(18)29)17(28)14-25(3)13-15-9-7-8-10-16(15)22/h7-10H,4-6,11-14,23H2,1-3H3,(H,24,29,30). The lowest BCUT2D eigenvalue weighted by Gasteiger charge is -2.27. The number of nitrogens with zero attached hydrogens (tertiary/aromatic N) is 3. The van der Waals surface area contributed by atoms with Crippen LogP contribution in [0.2, 0.25) is 0 Å². The molecule has 164 valence electrons. The highest BCUT2D eigenvalue weighted by Crippen LogP contribution is 2.20. The Kier molecular flexibility index (Phi) is 8.86. The molecule has 1 aromatic carbocycles. The molecule has 0 aliphatic rings. The summed E-state index contributed by atoms with van der Waals surface area (Å²) in [5, 5.41) is 0. The minimum Gasteiger partial charge on any atom is -0.383 e. The fraction of sp³-hybridized carbons (Fsp3) is 0.476. The number of likely N-dealkylation sites (N-methyl/N-ethyl adjacent to an activating group) is 1. The van der Waals surface area contributed by atoms with Crippen LogP contribution in [0.25, 0.3) is 0 Å². The van der Waals surface area contributed by atoms with Gasteiger partial charge in [-0.15, -0.1) is 0 Å². The van der Waals surface area contributed by atoms with E-state index in [0.29, 0.717) is 32.5 Å². The molecule has 0 aliphatic carbocycles. The van der Waals surface area contributed by atoms with Gasteiger partial charge in [0.2, 0.25) is 5.91 Å². The molecule has 0 fully saturated rings. The molecule has 2 aromatic rings. The number of amides is 1. The summed E-state index contributed by atoms with van der Waals surface area (Å²) >= 11 is 3.52. The second kappa shape index (κ2) is 11.1. The number of unbranched alkanes of at least 4 members (excludes halogenated alkanes) is 1. The van der Waals surface area contributed by atoms with Gasteiger partial charge in [0.25, 0.3) is 5.56 Å². The maximum atomic E-state index is 13.2. The molecule has 0 unspecified atom stereocenters. The van der Waals surface area contributed by atoms with Gasteiger partial charge in [0, 0.05) is 24.1 Å². The lowest BCUT2D eigenvalue weighted by atomic mass is 10.2. The van der Waals surface area contributed by atoms with Crippen LogP contribution in [0.5, 0.6) is 0 Å². The number of hydrogen-bond acceptors (Lipinski definition) is 5. The number of H-pyrrole nitrogens is 1. The summed E-state index contributed by atoms with van der Waals surface area (Å²) < 4.78 is 2.28. The molecular formula is C21H30BrN5O3. The topological polar surface area (TPSA) is 104 Å². The molecule has 30 heavy (non-hydrogen) atoms. The van der Waals surface area contributed by atoms with Crippen molar-refractivity contribution in [2.45, 2.75) is 46.2 Å². The number of rotatable bonds is 10. The third kappa shape index (κ3) is 5.82. The van der Waals surface area contributed by atoms with Gasteiger partial charge in [-0.2, -0.15) is 0 Å². The Balaban J connectivity index is 2.32. The van der Waals surface area contributed by atoms with Crippen molar-refractivity contribution in [2.75, 3.05) is 30.8 Å². The van der Waals surface area contributed by atoms with E-state index >= 15 is 0 Å². The molecule has 9 heteroatoms. The third-order valence-corrected chi connectivity index (χ3v) is 5.54. The molecule has 0 radical (unpaired) electrons. The van der Waals surface area contributed by atoms with Gasteiger partial charge in [0.05, 0.1) is 6.54 Å². The Bertz CT molecular complexity index is 985. The van der Waals surface area contributed by atoms with E-state index in [4.69, 9.17) is 5.73 Å². The number of hydrogen-bond donors (Lipinski definition) is 2. The minimum atomic E-state index is -0.636. The van der Waals surface area contributed by atoms with E-state index in [-0.39, 0.29) is 24.0 Å². The van der Waals surface area contributed by atoms with Crippen LogP contribution in [-0.2, 0) is 17.9 Å². The second-order valence-corrected chi connectivity index (χ2v) is 8.16. The van der Waals surface area contributed by atoms with E-state index in [2.05, 4.69) is 20.9 Å². The van der Waals surface area contributed by atoms with E-state index in [1.165, 1.54) is 9.47 Å². The zero-order valence-electron chi connectivity index (χ0n) is 17.8. The van der Waals surface area contributed by atoms with Gasteiger partial charge in [-0.05, 0) is 31.5 Å². The first-order valence-corrected chi connectivity index (χ1v) is 10.9. The Morgan fingerprint density at radius 2 is 1.90 bits per heavy atom. The lowest BCUT2D eigenvalue weighted by Crippen LogP contribution is -2.45. The maximum Gasteiger partial charge on any atom is 0.330 e. The van der Waals surface area contributed by atoms with Crippen LogP contribution in [0.4, 0.5) is 11.5 Å². The molecule has 1 aromatic heterocycles. The Labute approximate surface area is 184 Å².